The monoisotopic (exact) mass is 442 g/mol. The molecule has 170 valence electrons. The van der Waals surface area contributed by atoms with Gasteiger partial charge in [-0.2, -0.15) is 0 Å². The van der Waals surface area contributed by atoms with E-state index < -0.39 is 0 Å². The Bertz CT molecular complexity index is 1250. The van der Waals surface area contributed by atoms with Gasteiger partial charge in [0.1, 0.15) is 0 Å². The second-order valence-electron chi connectivity index (χ2n) is 8.82. The fraction of sp³-hybridized carbons (Fsp3) is 0.346. The smallest absolute Gasteiger partial charge is 0.219 e. The molecule has 0 radical (unpaired) electrons. The standard InChI is InChI=1S/C26H30N6O/c1-18-12-19(20-14-28-26(27)29-15-20)13-23(30-18)25-8-4-9-32(25)17-21-16-31(10-5-11-33)24-7-3-2-6-22(21)24/h2-3,6-7,12-16,25,33H,4-5,8-11,17H2,1H3,(H2,27,28,29). The Morgan fingerprint density at radius 2 is 1.94 bits per heavy atom. The highest BCUT2D eigenvalue weighted by Crippen LogP contribution is 2.35. The van der Waals surface area contributed by atoms with Crippen LogP contribution in [0.5, 0.6) is 0 Å². The topological polar surface area (TPSA) is 93.1 Å². The third-order valence-corrected chi connectivity index (χ3v) is 6.49. The number of aryl methyl sites for hydroxylation is 2. The minimum atomic E-state index is 0.205. The first kappa shape index (κ1) is 21.6. The predicted molar refractivity (Wildman–Crippen MR) is 130 cm³/mol. The number of aliphatic hydroxyl groups is 1. The molecule has 33 heavy (non-hydrogen) atoms. The van der Waals surface area contributed by atoms with E-state index in [2.05, 4.69) is 62.0 Å². The highest BCUT2D eigenvalue weighted by atomic mass is 16.3. The Morgan fingerprint density at radius 1 is 1.12 bits per heavy atom. The van der Waals surface area contributed by atoms with Gasteiger partial charge >= 0.3 is 0 Å². The molecule has 1 unspecified atom stereocenters. The maximum absolute atomic E-state index is 9.30. The number of nitrogens with two attached hydrogens (primary N) is 1. The third-order valence-electron chi connectivity index (χ3n) is 6.49. The molecule has 1 aliphatic heterocycles. The van der Waals surface area contributed by atoms with E-state index >= 15 is 0 Å². The molecule has 7 nitrogen and oxygen atoms in total. The molecule has 1 aromatic carbocycles. The summed E-state index contributed by atoms with van der Waals surface area (Å²) in [7, 11) is 0. The van der Waals surface area contributed by atoms with Crippen molar-refractivity contribution < 1.29 is 5.11 Å². The van der Waals surface area contributed by atoms with Gasteiger partial charge in [0.05, 0.1) is 11.7 Å². The van der Waals surface area contributed by atoms with E-state index in [1.54, 1.807) is 12.4 Å². The van der Waals surface area contributed by atoms with Crippen LogP contribution in [-0.2, 0) is 13.1 Å². The molecule has 1 saturated heterocycles. The molecule has 5 rings (SSSR count). The molecule has 1 atom stereocenters. The number of rotatable bonds is 7. The maximum Gasteiger partial charge on any atom is 0.219 e. The molecule has 3 aromatic heterocycles. The second kappa shape index (κ2) is 9.29. The minimum absolute atomic E-state index is 0.205. The fourth-order valence-corrected chi connectivity index (χ4v) is 4.96. The van der Waals surface area contributed by atoms with Gasteiger partial charge in [0.2, 0.25) is 5.95 Å². The summed E-state index contributed by atoms with van der Waals surface area (Å²) in [6.45, 7) is 5.01. The quantitative estimate of drug-likeness (QED) is 0.448. The number of likely N-dealkylation sites (tertiary alicyclic amines) is 1. The van der Waals surface area contributed by atoms with Crippen molar-refractivity contribution in [3.8, 4) is 11.1 Å². The van der Waals surface area contributed by atoms with Crippen molar-refractivity contribution in [2.75, 3.05) is 18.9 Å². The van der Waals surface area contributed by atoms with Crippen LogP contribution in [0.2, 0.25) is 0 Å². The van der Waals surface area contributed by atoms with Gasteiger partial charge in [-0.1, -0.05) is 18.2 Å². The lowest BCUT2D eigenvalue weighted by atomic mass is 10.0. The Labute approximate surface area is 193 Å². The first-order valence-corrected chi connectivity index (χ1v) is 11.6. The van der Waals surface area contributed by atoms with Crippen LogP contribution >= 0.6 is 0 Å². The third kappa shape index (κ3) is 4.47. The Balaban J connectivity index is 1.44. The van der Waals surface area contributed by atoms with Gasteiger partial charge in [0, 0.05) is 60.4 Å². The molecule has 0 saturated carbocycles. The van der Waals surface area contributed by atoms with Crippen LogP contribution in [0.3, 0.4) is 0 Å². The van der Waals surface area contributed by atoms with Gasteiger partial charge in [-0.25, -0.2) is 9.97 Å². The van der Waals surface area contributed by atoms with E-state index in [9.17, 15) is 5.11 Å². The van der Waals surface area contributed by atoms with Crippen molar-refractivity contribution in [3.05, 3.63) is 71.9 Å². The molecule has 0 bridgehead atoms. The van der Waals surface area contributed by atoms with E-state index in [0.717, 1.165) is 61.4 Å². The van der Waals surface area contributed by atoms with E-state index in [4.69, 9.17) is 10.7 Å². The first-order valence-electron chi connectivity index (χ1n) is 11.6. The molecular weight excluding hydrogens is 412 g/mol. The number of para-hydroxylation sites is 1. The summed E-state index contributed by atoms with van der Waals surface area (Å²) in [6.07, 6.45) is 8.82. The number of pyridine rings is 1. The Hall–Kier alpha value is -3.29. The number of anilines is 1. The summed E-state index contributed by atoms with van der Waals surface area (Å²) in [4.78, 5) is 15.8. The highest BCUT2D eigenvalue weighted by Gasteiger charge is 2.28. The number of hydrogen-bond donors (Lipinski definition) is 2. The second-order valence-corrected chi connectivity index (χ2v) is 8.82. The summed E-state index contributed by atoms with van der Waals surface area (Å²) < 4.78 is 2.27. The zero-order valence-electron chi connectivity index (χ0n) is 19.0. The van der Waals surface area contributed by atoms with Crippen molar-refractivity contribution in [2.45, 2.75) is 45.3 Å². The molecule has 0 amide bonds. The average molecular weight is 443 g/mol. The van der Waals surface area contributed by atoms with Crippen molar-refractivity contribution in [1.82, 2.24) is 24.4 Å². The van der Waals surface area contributed by atoms with Crippen LogP contribution in [0.4, 0.5) is 5.95 Å². The molecule has 4 aromatic rings. The van der Waals surface area contributed by atoms with Crippen molar-refractivity contribution in [3.63, 3.8) is 0 Å². The molecule has 1 aliphatic rings. The normalized spacial score (nSPS) is 16.6. The van der Waals surface area contributed by atoms with Crippen LogP contribution in [0.25, 0.3) is 22.0 Å². The van der Waals surface area contributed by atoms with E-state index in [-0.39, 0.29) is 18.6 Å². The van der Waals surface area contributed by atoms with Gasteiger partial charge in [0.15, 0.2) is 0 Å². The number of aromatic nitrogens is 4. The number of nitrogens with zero attached hydrogens (tertiary/aromatic N) is 5. The molecule has 0 aliphatic carbocycles. The SMILES string of the molecule is Cc1cc(-c2cnc(N)nc2)cc(C2CCCN2Cc2cn(CCCO)c3ccccc23)n1. The number of fused-ring (bicyclic) bond motifs is 1. The van der Waals surface area contributed by atoms with E-state index in [0.29, 0.717) is 0 Å². The zero-order chi connectivity index (χ0) is 22.8. The number of nitrogen functional groups attached to an aromatic ring is 1. The molecule has 1 fully saturated rings. The van der Waals surface area contributed by atoms with Gasteiger partial charge in [-0.05, 0) is 62.1 Å². The fourth-order valence-electron chi connectivity index (χ4n) is 4.96. The maximum atomic E-state index is 9.30. The number of hydrogen-bond acceptors (Lipinski definition) is 6. The predicted octanol–water partition coefficient (Wildman–Crippen LogP) is 4.10. The van der Waals surface area contributed by atoms with Crippen LogP contribution in [-0.4, -0.2) is 42.7 Å². The van der Waals surface area contributed by atoms with Crippen molar-refractivity contribution in [2.24, 2.45) is 0 Å². The van der Waals surface area contributed by atoms with Gasteiger partial charge < -0.3 is 15.4 Å². The van der Waals surface area contributed by atoms with E-state index in [1.165, 1.54) is 16.5 Å². The Morgan fingerprint density at radius 3 is 2.76 bits per heavy atom. The molecule has 3 N–H and O–H groups in total. The largest absolute Gasteiger partial charge is 0.396 e. The number of benzene rings is 1. The number of aliphatic hydroxyl groups excluding tert-OH is 1. The zero-order valence-corrected chi connectivity index (χ0v) is 19.0. The summed E-state index contributed by atoms with van der Waals surface area (Å²) in [5.41, 5.74) is 12.3. The minimum Gasteiger partial charge on any atom is -0.396 e. The Kier molecular flexibility index (Phi) is 6.07. The summed E-state index contributed by atoms with van der Waals surface area (Å²) in [5, 5.41) is 10.6. The van der Waals surface area contributed by atoms with Gasteiger partial charge in [0.25, 0.3) is 0 Å². The molecule has 7 heteroatoms. The van der Waals surface area contributed by atoms with Crippen LogP contribution in [0.15, 0.2) is 55.0 Å². The lowest BCUT2D eigenvalue weighted by molar-refractivity contribution is 0.245. The van der Waals surface area contributed by atoms with E-state index in [1.807, 2.05) is 6.92 Å². The van der Waals surface area contributed by atoms with Gasteiger partial charge in [-0.15, -0.1) is 0 Å². The molecule has 4 heterocycles. The average Bonchev–Trinajstić information content (AvgIpc) is 3.43. The summed E-state index contributed by atoms with van der Waals surface area (Å²) in [5.74, 6) is 0.282. The lowest BCUT2D eigenvalue weighted by Gasteiger charge is -2.24. The van der Waals surface area contributed by atoms with Crippen LogP contribution < -0.4 is 5.73 Å². The summed E-state index contributed by atoms with van der Waals surface area (Å²) >= 11 is 0. The highest BCUT2D eigenvalue weighted by molar-refractivity contribution is 5.84. The molecular formula is C26H30N6O. The van der Waals surface area contributed by atoms with Crippen LogP contribution in [0, 0.1) is 6.92 Å². The van der Waals surface area contributed by atoms with Crippen LogP contribution in [0.1, 0.15) is 42.3 Å². The van der Waals surface area contributed by atoms with Crippen molar-refractivity contribution >= 4 is 16.9 Å². The first-order chi connectivity index (χ1) is 16.1. The summed E-state index contributed by atoms with van der Waals surface area (Å²) in [6, 6.07) is 13.1. The van der Waals surface area contributed by atoms with Gasteiger partial charge in [-0.3, -0.25) is 9.88 Å². The lowest BCUT2D eigenvalue weighted by Crippen LogP contribution is -2.23. The molecule has 0 spiro atoms. The van der Waals surface area contributed by atoms with Crippen molar-refractivity contribution in [1.29, 1.82) is 0 Å².